The molecule has 0 radical (unpaired) electrons. The molecule has 3 aromatic rings. The first-order valence-electron chi connectivity index (χ1n) is 10.4. The average Bonchev–Trinajstić information content (AvgIpc) is 2.80. The lowest BCUT2D eigenvalue weighted by atomic mass is 10.1. The van der Waals surface area contributed by atoms with Gasteiger partial charge in [0.15, 0.2) is 0 Å². The second kappa shape index (κ2) is 10.8. The van der Waals surface area contributed by atoms with Crippen LogP contribution in [0.3, 0.4) is 0 Å². The van der Waals surface area contributed by atoms with Crippen molar-refractivity contribution in [3.8, 4) is 0 Å². The summed E-state index contributed by atoms with van der Waals surface area (Å²) >= 11 is 12.2. The van der Waals surface area contributed by atoms with E-state index in [2.05, 4.69) is 10.6 Å². The van der Waals surface area contributed by atoms with Gasteiger partial charge in [-0.2, -0.15) is 0 Å². The van der Waals surface area contributed by atoms with Gasteiger partial charge in [-0.05, 0) is 48.5 Å². The standard InChI is InChI=1S/C25H24Cl2FN5O2/c1-32(2)21-13-16(27)12-19(25(35)30-17-8-6-15(26)7-9-17)22(21)31-24(34)18-10-5-14(11-20(18)28)23(29)33(3)4/h5-13,29H,1-4H3,(H,30,35)(H,31,34). The molecule has 3 aromatic carbocycles. The predicted molar refractivity (Wildman–Crippen MR) is 140 cm³/mol. The van der Waals surface area contributed by atoms with Crippen LogP contribution in [0, 0.1) is 11.2 Å². The summed E-state index contributed by atoms with van der Waals surface area (Å²) in [6.45, 7) is 0. The highest BCUT2D eigenvalue weighted by atomic mass is 35.5. The number of nitrogens with one attached hydrogen (secondary N) is 3. The molecule has 2 amide bonds. The van der Waals surface area contributed by atoms with Crippen LogP contribution < -0.4 is 15.5 Å². The molecular formula is C25H24Cl2FN5O2. The number of anilines is 3. The highest BCUT2D eigenvalue weighted by Crippen LogP contribution is 2.34. The van der Waals surface area contributed by atoms with Gasteiger partial charge >= 0.3 is 0 Å². The Labute approximate surface area is 213 Å². The van der Waals surface area contributed by atoms with Crippen molar-refractivity contribution in [1.82, 2.24) is 4.90 Å². The lowest BCUT2D eigenvalue weighted by Gasteiger charge is -2.22. The van der Waals surface area contributed by atoms with E-state index in [-0.39, 0.29) is 27.7 Å². The first kappa shape index (κ1) is 26.0. The summed E-state index contributed by atoms with van der Waals surface area (Å²) in [6, 6.07) is 13.5. The van der Waals surface area contributed by atoms with Gasteiger partial charge in [-0.15, -0.1) is 0 Å². The fourth-order valence-corrected chi connectivity index (χ4v) is 3.61. The Morgan fingerprint density at radius 3 is 2.03 bits per heavy atom. The molecule has 0 aliphatic heterocycles. The molecule has 0 unspecified atom stereocenters. The number of hydrogen-bond acceptors (Lipinski definition) is 4. The van der Waals surface area contributed by atoms with Crippen LogP contribution in [0.4, 0.5) is 21.5 Å². The molecule has 182 valence electrons. The minimum absolute atomic E-state index is 0.0934. The zero-order valence-corrected chi connectivity index (χ0v) is 21.1. The second-order valence-corrected chi connectivity index (χ2v) is 8.97. The quantitative estimate of drug-likeness (QED) is 0.295. The summed E-state index contributed by atoms with van der Waals surface area (Å²) in [4.78, 5) is 29.4. The van der Waals surface area contributed by atoms with E-state index in [9.17, 15) is 14.0 Å². The van der Waals surface area contributed by atoms with Crippen LogP contribution in [-0.4, -0.2) is 50.7 Å². The molecule has 10 heteroatoms. The van der Waals surface area contributed by atoms with Gasteiger partial charge in [0.05, 0.1) is 22.5 Å². The highest BCUT2D eigenvalue weighted by Gasteiger charge is 2.22. The molecule has 0 saturated carbocycles. The van der Waals surface area contributed by atoms with Crippen molar-refractivity contribution in [3.05, 3.63) is 87.2 Å². The molecule has 0 heterocycles. The fraction of sp³-hybridized carbons (Fsp3) is 0.160. The summed E-state index contributed by atoms with van der Waals surface area (Å²) < 4.78 is 14.8. The van der Waals surface area contributed by atoms with Crippen molar-refractivity contribution < 1.29 is 14.0 Å². The van der Waals surface area contributed by atoms with Gasteiger partial charge in [0.1, 0.15) is 11.7 Å². The van der Waals surface area contributed by atoms with Crippen LogP contribution in [0.5, 0.6) is 0 Å². The number of amidine groups is 1. The van der Waals surface area contributed by atoms with Crippen molar-refractivity contribution in [2.45, 2.75) is 0 Å². The van der Waals surface area contributed by atoms with E-state index in [0.29, 0.717) is 22.0 Å². The number of halogens is 3. The normalized spacial score (nSPS) is 10.5. The van der Waals surface area contributed by atoms with Gasteiger partial charge < -0.3 is 20.4 Å². The number of amides is 2. The number of benzene rings is 3. The van der Waals surface area contributed by atoms with Crippen LogP contribution >= 0.6 is 23.2 Å². The molecule has 0 aliphatic rings. The van der Waals surface area contributed by atoms with Gasteiger partial charge in [-0.3, -0.25) is 15.0 Å². The van der Waals surface area contributed by atoms with Gasteiger partial charge in [0.2, 0.25) is 0 Å². The smallest absolute Gasteiger partial charge is 0.258 e. The maximum atomic E-state index is 14.8. The van der Waals surface area contributed by atoms with Crippen molar-refractivity contribution in [2.24, 2.45) is 0 Å². The minimum atomic E-state index is -0.792. The third kappa shape index (κ3) is 6.09. The zero-order valence-electron chi connectivity index (χ0n) is 19.5. The molecule has 0 fully saturated rings. The van der Waals surface area contributed by atoms with Gasteiger partial charge in [-0.1, -0.05) is 29.3 Å². The van der Waals surface area contributed by atoms with Crippen molar-refractivity contribution in [3.63, 3.8) is 0 Å². The first-order valence-corrected chi connectivity index (χ1v) is 11.2. The third-order valence-corrected chi connectivity index (χ3v) is 5.55. The monoisotopic (exact) mass is 515 g/mol. The Kier molecular flexibility index (Phi) is 7.99. The third-order valence-electron chi connectivity index (χ3n) is 5.08. The van der Waals surface area contributed by atoms with Crippen molar-refractivity contribution in [1.29, 1.82) is 5.41 Å². The number of rotatable bonds is 6. The SMILES string of the molecule is CN(C)C(=N)c1ccc(C(=O)Nc2c(C(=O)Nc3ccc(Cl)cc3)cc(Cl)cc2N(C)C)c(F)c1. The van der Waals surface area contributed by atoms with E-state index in [1.54, 1.807) is 63.4 Å². The largest absolute Gasteiger partial charge is 0.376 e. The van der Waals surface area contributed by atoms with E-state index in [4.69, 9.17) is 28.6 Å². The van der Waals surface area contributed by atoms with Crippen molar-refractivity contribution in [2.75, 3.05) is 43.7 Å². The van der Waals surface area contributed by atoms with Crippen molar-refractivity contribution >= 4 is 57.9 Å². The summed E-state index contributed by atoms with van der Waals surface area (Å²) in [7, 11) is 6.79. The molecule has 0 saturated heterocycles. The Hall–Kier alpha value is -3.62. The topological polar surface area (TPSA) is 88.5 Å². The zero-order chi connectivity index (χ0) is 25.9. The second-order valence-electron chi connectivity index (χ2n) is 8.09. The summed E-state index contributed by atoms with van der Waals surface area (Å²) in [5.74, 6) is -1.97. The molecule has 0 aromatic heterocycles. The van der Waals surface area contributed by atoms with E-state index < -0.39 is 17.6 Å². The highest BCUT2D eigenvalue weighted by molar-refractivity contribution is 6.32. The molecule has 0 spiro atoms. The summed E-state index contributed by atoms with van der Waals surface area (Å²) in [6.07, 6.45) is 0. The Bertz CT molecular complexity index is 1290. The molecule has 7 nitrogen and oxygen atoms in total. The molecule has 3 rings (SSSR count). The molecule has 35 heavy (non-hydrogen) atoms. The van der Waals surface area contributed by atoms with E-state index >= 15 is 0 Å². The number of nitrogens with zero attached hydrogens (tertiary/aromatic N) is 2. The molecule has 3 N–H and O–H groups in total. The van der Waals surface area contributed by atoms with E-state index in [0.717, 1.165) is 6.07 Å². The average molecular weight is 516 g/mol. The molecule has 0 atom stereocenters. The lowest BCUT2D eigenvalue weighted by Crippen LogP contribution is -2.24. The maximum absolute atomic E-state index is 14.8. The minimum Gasteiger partial charge on any atom is -0.376 e. The van der Waals surface area contributed by atoms with Crippen LogP contribution in [-0.2, 0) is 0 Å². The van der Waals surface area contributed by atoms with E-state index in [1.807, 2.05) is 0 Å². The fourth-order valence-electron chi connectivity index (χ4n) is 3.27. The maximum Gasteiger partial charge on any atom is 0.258 e. The van der Waals surface area contributed by atoms with E-state index in [1.165, 1.54) is 23.1 Å². The van der Waals surface area contributed by atoms with Crippen LogP contribution in [0.25, 0.3) is 0 Å². The molecule has 0 aliphatic carbocycles. The van der Waals surface area contributed by atoms with Crippen LogP contribution in [0.1, 0.15) is 26.3 Å². The predicted octanol–water partition coefficient (Wildman–Crippen LogP) is 5.59. The van der Waals surface area contributed by atoms with Gasteiger partial charge in [-0.25, -0.2) is 4.39 Å². The van der Waals surface area contributed by atoms with Crippen LogP contribution in [0.2, 0.25) is 10.0 Å². The summed E-state index contributed by atoms with van der Waals surface area (Å²) in [5, 5.41) is 14.2. The number of hydrogen-bond donors (Lipinski definition) is 3. The number of carbonyl (C=O) groups excluding carboxylic acids is 2. The Balaban J connectivity index is 1.98. The van der Waals surface area contributed by atoms with Gasteiger partial charge in [0.25, 0.3) is 11.8 Å². The summed E-state index contributed by atoms with van der Waals surface area (Å²) in [5.41, 5.74) is 1.31. The lowest BCUT2D eigenvalue weighted by molar-refractivity contribution is 0.102. The molecule has 0 bridgehead atoms. The number of carbonyl (C=O) groups is 2. The van der Waals surface area contributed by atoms with Crippen LogP contribution in [0.15, 0.2) is 54.6 Å². The Morgan fingerprint density at radius 1 is 0.829 bits per heavy atom. The van der Waals surface area contributed by atoms with Gasteiger partial charge in [0, 0.05) is 49.5 Å². The Morgan fingerprint density at radius 2 is 1.46 bits per heavy atom. The molecular weight excluding hydrogens is 492 g/mol. The first-order chi connectivity index (χ1) is 16.5.